The Morgan fingerprint density at radius 1 is 1.27 bits per heavy atom. The monoisotopic (exact) mass is 268 g/mol. The predicted octanol–water partition coefficient (Wildman–Crippen LogP) is 3.01. The molecule has 4 heteroatoms. The fourth-order valence-corrected chi connectivity index (χ4v) is 4.31. The van der Waals surface area contributed by atoms with E-state index in [1.54, 1.807) is 0 Å². The molecule has 0 unspecified atom stereocenters. The lowest BCUT2D eigenvalue weighted by Gasteiger charge is -2.10. The first kappa shape index (κ1) is 9.58. The number of benzene rings is 1. The van der Waals surface area contributed by atoms with Crippen molar-refractivity contribution in [2.24, 2.45) is 0 Å². The van der Waals surface area contributed by atoms with E-state index in [2.05, 4.69) is 15.3 Å². The lowest BCUT2D eigenvalue weighted by Crippen LogP contribution is -2.31. The van der Waals surface area contributed by atoms with Crippen LogP contribution in [0, 0.1) is 6.92 Å². The van der Waals surface area contributed by atoms with Crippen molar-refractivity contribution >= 4 is 47.9 Å². The minimum atomic E-state index is -2.32. The lowest BCUT2D eigenvalue weighted by atomic mass is 10.2. The van der Waals surface area contributed by atoms with Gasteiger partial charge >= 0.3 is 5.31 Å². The van der Waals surface area contributed by atoms with Crippen molar-refractivity contribution in [1.82, 2.24) is 0 Å². The summed E-state index contributed by atoms with van der Waals surface area (Å²) in [4.78, 5) is 0. The molecule has 0 aliphatic rings. The van der Waals surface area contributed by atoms with E-state index in [-0.39, 0.29) is 0 Å². The molecule has 60 valence electrons. The largest absolute Gasteiger partial charge is 0.348 e. The fraction of sp³-hybridized carbons (Fsp3) is 0.143. The number of rotatable bonds is 1. The van der Waals surface area contributed by atoms with E-state index >= 15 is 0 Å². The molecule has 1 aromatic rings. The second-order valence-corrected chi connectivity index (χ2v) is 14.1. The minimum Gasteiger partial charge on any atom is -0.126 e. The zero-order valence-corrected chi connectivity index (χ0v) is 10.0. The van der Waals surface area contributed by atoms with Crippen LogP contribution in [-0.4, -0.2) is 5.31 Å². The van der Waals surface area contributed by atoms with Crippen LogP contribution < -0.4 is 5.19 Å². The minimum absolute atomic E-state index is 1.03. The molecular weight excluding hydrogens is 263 g/mol. The second-order valence-electron chi connectivity index (χ2n) is 2.31. The molecule has 0 saturated heterocycles. The molecule has 0 bridgehead atoms. The van der Waals surface area contributed by atoms with Gasteiger partial charge in [0.2, 0.25) is 0 Å². The highest BCUT2D eigenvalue weighted by molar-refractivity contribution is 9.29. The Balaban J connectivity index is 3.14. The first-order valence-electron chi connectivity index (χ1n) is 3.14. The first-order valence-corrected chi connectivity index (χ1v) is 9.42. The van der Waals surface area contributed by atoms with Crippen molar-refractivity contribution in [3.63, 3.8) is 0 Å². The molecule has 0 radical (unpaired) electrons. The SMILES string of the molecule is Cc1ccccc1[Si](Cl)(Cl)Br. The van der Waals surface area contributed by atoms with Crippen molar-refractivity contribution in [1.29, 1.82) is 0 Å². The molecule has 0 atom stereocenters. The van der Waals surface area contributed by atoms with Crippen molar-refractivity contribution in [2.75, 3.05) is 0 Å². The average Bonchev–Trinajstić information content (AvgIpc) is 1.86. The Hall–Kier alpha value is 0.497. The third-order valence-electron chi connectivity index (χ3n) is 1.45. The van der Waals surface area contributed by atoms with E-state index < -0.39 is 5.31 Å². The lowest BCUT2D eigenvalue weighted by molar-refractivity contribution is 1.52. The Kier molecular flexibility index (Phi) is 3.03. The third kappa shape index (κ3) is 2.48. The van der Waals surface area contributed by atoms with E-state index in [9.17, 15) is 0 Å². The van der Waals surface area contributed by atoms with Gasteiger partial charge in [-0.05, 0) is 17.7 Å². The Labute approximate surface area is 84.5 Å². The number of aryl methyl sites for hydroxylation is 1. The smallest absolute Gasteiger partial charge is 0.126 e. The molecule has 0 heterocycles. The number of hydrogen-bond acceptors (Lipinski definition) is 0. The van der Waals surface area contributed by atoms with Crippen molar-refractivity contribution in [3.8, 4) is 0 Å². The van der Waals surface area contributed by atoms with E-state index in [1.807, 2.05) is 31.2 Å². The second kappa shape index (κ2) is 3.48. The topological polar surface area (TPSA) is 0 Å². The highest BCUT2D eigenvalue weighted by Crippen LogP contribution is 2.23. The summed E-state index contributed by atoms with van der Waals surface area (Å²) >= 11 is 15.3. The summed E-state index contributed by atoms with van der Waals surface area (Å²) in [5, 5.41) is -1.29. The molecular formula is C7H7BrCl2Si. The van der Waals surface area contributed by atoms with E-state index in [0.717, 1.165) is 10.8 Å². The average molecular weight is 270 g/mol. The highest BCUT2D eigenvalue weighted by Gasteiger charge is 2.28. The molecule has 0 aliphatic heterocycles. The molecule has 1 rings (SSSR count). The van der Waals surface area contributed by atoms with Crippen LogP contribution in [0.1, 0.15) is 5.56 Å². The van der Waals surface area contributed by atoms with Crippen LogP contribution in [0.25, 0.3) is 0 Å². The molecule has 1 aromatic carbocycles. The van der Waals surface area contributed by atoms with Gasteiger partial charge in [-0.1, -0.05) is 39.6 Å². The van der Waals surface area contributed by atoms with Crippen LogP contribution in [0.5, 0.6) is 0 Å². The first-order chi connectivity index (χ1) is 5.02. The molecule has 0 nitrogen and oxygen atoms in total. The van der Waals surface area contributed by atoms with Crippen molar-refractivity contribution < 1.29 is 0 Å². The summed E-state index contributed by atoms with van der Waals surface area (Å²) in [6.45, 7) is 2.00. The molecule has 0 saturated carbocycles. The van der Waals surface area contributed by atoms with Gasteiger partial charge in [0.05, 0.1) is 0 Å². The van der Waals surface area contributed by atoms with Crippen molar-refractivity contribution in [3.05, 3.63) is 29.8 Å². The van der Waals surface area contributed by atoms with Crippen molar-refractivity contribution in [2.45, 2.75) is 6.92 Å². The van der Waals surface area contributed by atoms with Gasteiger partial charge in [0.25, 0.3) is 0 Å². The number of halogens is 3. The molecule has 0 aliphatic carbocycles. The maximum atomic E-state index is 5.98. The van der Waals surface area contributed by atoms with E-state index in [4.69, 9.17) is 22.2 Å². The Morgan fingerprint density at radius 2 is 1.82 bits per heavy atom. The standard InChI is InChI=1S/C7H7BrCl2Si/c1-6-4-2-3-5-7(6)11(8,9)10/h2-5H,1H3. The van der Waals surface area contributed by atoms with E-state index in [1.165, 1.54) is 0 Å². The van der Waals surface area contributed by atoms with Gasteiger partial charge in [-0.15, -0.1) is 22.2 Å². The summed E-state index contributed by atoms with van der Waals surface area (Å²) in [6, 6.07) is 7.87. The third-order valence-corrected chi connectivity index (χ3v) is 5.13. The number of hydrogen-bond donors (Lipinski definition) is 0. The van der Waals surface area contributed by atoms with Crippen LogP contribution >= 0.6 is 37.5 Å². The molecule has 0 fully saturated rings. The summed E-state index contributed by atoms with van der Waals surface area (Å²) in [7, 11) is 0. The summed E-state index contributed by atoms with van der Waals surface area (Å²) < 4.78 is 0. The van der Waals surface area contributed by atoms with Crippen LogP contribution in [0.15, 0.2) is 24.3 Å². The maximum Gasteiger partial charge on any atom is 0.348 e. The summed E-state index contributed by atoms with van der Waals surface area (Å²) in [5.41, 5.74) is 1.14. The molecule has 0 N–H and O–H groups in total. The maximum absolute atomic E-state index is 5.98. The fourth-order valence-electron chi connectivity index (χ4n) is 0.891. The van der Waals surface area contributed by atoms with Gasteiger partial charge in [0.15, 0.2) is 0 Å². The van der Waals surface area contributed by atoms with Gasteiger partial charge in [-0.3, -0.25) is 0 Å². The van der Waals surface area contributed by atoms with Gasteiger partial charge < -0.3 is 0 Å². The Bertz CT molecular complexity index is 257. The molecule has 0 spiro atoms. The quantitative estimate of drug-likeness (QED) is 0.543. The normalized spacial score (nSPS) is 11.6. The van der Waals surface area contributed by atoms with Crippen LogP contribution in [0.3, 0.4) is 0 Å². The molecule has 0 aromatic heterocycles. The van der Waals surface area contributed by atoms with Crippen LogP contribution in [0.2, 0.25) is 0 Å². The zero-order valence-electron chi connectivity index (χ0n) is 5.94. The van der Waals surface area contributed by atoms with Crippen LogP contribution in [0.4, 0.5) is 0 Å². The summed E-state index contributed by atoms with van der Waals surface area (Å²) in [5.74, 6) is 0. The van der Waals surface area contributed by atoms with Gasteiger partial charge in [-0.25, -0.2) is 0 Å². The van der Waals surface area contributed by atoms with Gasteiger partial charge in [-0.2, -0.15) is 0 Å². The molecule has 0 amide bonds. The van der Waals surface area contributed by atoms with E-state index in [0.29, 0.717) is 0 Å². The highest BCUT2D eigenvalue weighted by atomic mass is 79.9. The van der Waals surface area contributed by atoms with Gasteiger partial charge in [0.1, 0.15) is 0 Å². The van der Waals surface area contributed by atoms with Gasteiger partial charge in [0, 0.05) is 0 Å². The Morgan fingerprint density at radius 3 is 2.18 bits per heavy atom. The predicted molar refractivity (Wildman–Crippen MR) is 57.2 cm³/mol. The van der Waals surface area contributed by atoms with Crippen LogP contribution in [-0.2, 0) is 0 Å². The zero-order chi connectivity index (χ0) is 8.48. The summed E-state index contributed by atoms with van der Waals surface area (Å²) in [6.07, 6.45) is 0. The molecule has 11 heavy (non-hydrogen) atoms.